The lowest BCUT2D eigenvalue weighted by molar-refractivity contribution is 0.418. The second-order valence-electron chi connectivity index (χ2n) is 4.83. The molecule has 1 fully saturated rings. The molecule has 4 heteroatoms. The SMILES string of the molecule is O=S1(=O)CCC2(CC1)CNc1ccccc12. The maximum atomic E-state index is 11.5. The number of hydrogen-bond donors (Lipinski definition) is 1. The fourth-order valence-electron chi connectivity index (χ4n) is 2.83. The lowest BCUT2D eigenvalue weighted by Gasteiger charge is -2.33. The van der Waals surface area contributed by atoms with E-state index in [2.05, 4.69) is 17.4 Å². The molecule has 1 aromatic carbocycles. The van der Waals surface area contributed by atoms with Gasteiger partial charge in [0.05, 0.1) is 11.5 Å². The van der Waals surface area contributed by atoms with Crippen molar-refractivity contribution in [2.75, 3.05) is 23.4 Å². The third-order valence-corrected chi connectivity index (χ3v) is 5.55. The van der Waals surface area contributed by atoms with Crippen LogP contribution in [-0.2, 0) is 15.3 Å². The van der Waals surface area contributed by atoms with Crippen molar-refractivity contribution in [1.29, 1.82) is 0 Å². The first kappa shape index (κ1) is 10.1. The maximum Gasteiger partial charge on any atom is 0.150 e. The quantitative estimate of drug-likeness (QED) is 0.745. The Bertz CT molecular complexity index is 508. The van der Waals surface area contributed by atoms with E-state index in [0.29, 0.717) is 11.5 Å². The second-order valence-corrected chi connectivity index (χ2v) is 7.13. The van der Waals surface area contributed by atoms with Crippen LogP contribution in [0.3, 0.4) is 0 Å². The lowest BCUT2D eigenvalue weighted by Crippen LogP contribution is -2.38. The molecule has 0 aliphatic carbocycles. The number of benzene rings is 1. The second kappa shape index (κ2) is 3.23. The zero-order valence-electron chi connectivity index (χ0n) is 9.07. The molecular weight excluding hydrogens is 222 g/mol. The minimum Gasteiger partial charge on any atom is -0.384 e. The van der Waals surface area contributed by atoms with Gasteiger partial charge in [0.2, 0.25) is 0 Å². The van der Waals surface area contributed by atoms with E-state index in [9.17, 15) is 8.42 Å². The summed E-state index contributed by atoms with van der Waals surface area (Å²) in [5, 5.41) is 3.39. The predicted octanol–water partition coefficient (Wildman–Crippen LogP) is 1.56. The van der Waals surface area contributed by atoms with Crippen molar-refractivity contribution < 1.29 is 8.42 Å². The number of sulfone groups is 1. The van der Waals surface area contributed by atoms with E-state index in [1.54, 1.807) is 0 Å². The fraction of sp³-hybridized carbons (Fsp3) is 0.500. The molecular formula is C12H15NO2S. The van der Waals surface area contributed by atoms with E-state index in [1.165, 1.54) is 11.3 Å². The molecule has 1 saturated heterocycles. The molecule has 86 valence electrons. The summed E-state index contributed by atoms with van der Waals surface area (Å²) >= 11 is 0. The first-order valence-electron chi connectivity index (χ1n) is 5.65. The number of rotatable bonds is 0. The number of fused-ring (bicyclic) bond motifs is 2. The van der Waals surface area contributed by atoms with E-state index in [1.807, 2.05) is 12.1 Å². The molecule has 3 rings (SSSR count). The molecule has 2 aliphatic rings. The van der Waals surface area contributed by atoms with Gasteiger partial charge in [-0.3, -0.25) is 0 Å². The zero-order valence-corrected chi connectivity index (χ0v) is 9.89. The van der Waals surface area contributed by atoms with Crippen molar-refractivity contribution in [3.05, 3.63) is 29.8 Å². The largest absolute Gasteiger partial charge is 0.384 e. The van der Waals surface area contributed by atoms with Crippen molar-refractivity contribution in [1.82, 2.24) is 0 Å². The number of hydrogen-bond acceptors (Lipinski definition) is 3. The van der Waals surface area contributed by atoms with E-state index in [-0.39, 0.29) is 5.41 Å². The van der Waals surface area contributed by atoms with Gasteiger partial charge in [-0.2, -0.15) is 0 Å². The molecule has 0 amide bonds. The van der Waals surface area contributed by atoms with Crippen molar-refractivity contribution in [2.45, 2.75) is 18.3 Å². The lowest BCUT2D eigenvalue weighted by atomic mass is 9.77. The summed E-state index contributed by atoms with van der Waals surface area (Å²) in [5.41, 5.74) is 2.56. The Hall–Kier alpha value is -1.03. The van der Waals surface area contributed by atoms with Crippen molar-refractivity contribution >= 4 is 15.5 Å². The van der Waals surface area contributed by atoms with Crippen LogP contribution in [0.5, 0.6) is 0 Å². The van der Waals surface area contributed by atoms with E-state index < -0.39 is 9.84 Å². The van der Waals surface area contributed by atoms with Crippen LogP contribution in [0.4, 0.5) is 5.69 Å². The van der Waals surface area contributed by atoms with Gasteiger partial charge < -0.3 is 5.32 Å². The number of para-hydroxylation sites is 1. The fourth-order valence-corrected chi connectivity index (χ4v) is 4.44. The molecule has 1 aromatic rings. The van der Waals surface area contributed by atoms with Gasteiger partial charge in [-0.25, -0.2) is 8.42 Å². The molecule has 3 nitrogen and oxygen atoms in total. The first-order valence-corrected chi connectivity index (χ1v) is 7.47. The van der Waals surface area contributed by atoms with Gasteiger partial charge in [0, 0.05) is 17.6 Å². The Labute approximate surface area is 95.8 Å². The third kappa shape index (κ3) is 1.44. The Morgan fingerprint density at radius 2 is 1.81 bits per heavy atom. The van der Waals surface area contributed by atoms with E-state index >= 15 is 0 Å². The van der Waals surface area contributed by atoms with Gasteiger partial charge >= 0.3 is 0 Å². The zero-order chi connectivity index (χ0) is 11.2. The molecule has 0 atom stereocenters. The summed E-state index contributed by atoms with van der Waals surface area (Å²) in [6.07, 6.45) is 1.53. The molecule has 2 heterocycles. The highest BCUT2D eigenvalue weighted by molar-refractivity contribution is 7.91. The van der Waals surface area contributed by atoms with Gasteiger partial charge in [-0.1, -0.05) is 18.2 Å². The Morgan fingerprint density at radius 1 is 1.12 bits per heavy atom. The molecule has 2 aliphatic heterocycles. The Balaban J connectivity index is 1.98. The summed E-state index contributed by atoms with van der Waals surface area (Å²) in [4.78, 5) is 0. The van der Waals surface area contributed by atoms with Crippen LogP contribution in [0.25, 0.3) is 0 Å². The summed E-state index contributed by atoms with van der Waals surface area (Å²) < 4.78 is 23.0. The van der Waals surface area contributed by atoms with E-state index in [0.717, 1.165) is 19.4 Å². The smallest absolute Gasteiger partial charge is 0.150 e. The topological polar surface area (TPSA) is 46.2 Å². The highest BCUT2D eigenvalue weighted by Gasteiger charge is 2.42. The first-order chi connectivity index (χ1) is 7.61. The van der Waals surface area contributed by atoms with E-state index in [4.69, 9.17) is 0 Å². The average molecular weight is 237 g/mol. The molecule has 0 bridgehead atoms. The van der Waals surface area contributed by atoms with Crippen LogP contribution in [0, 0.1) is 0 Å². The van der Waals surface area contributed by atoms with Crippen LogP contribution < -0.4 is 5.32 Å². The Kier molecular flexibility index (Phi) is 2.05. The van der Waals surface area contributed by atoms with Crippen LogP contribution in [0.15, 0.2) is 24.3 Å². The van der Waals surface area contributed by atoms with Crippen LogP contribution in [0.1, 0.15) is 18.4 Å². The monoisotopic (exact) mass is 237 g/mol. The van der Waals surface area contributed by atoms with Crippen molar-refractivity contribution in [3.63, 3.8) is 0 Å². The van der Waals surface area contributed by atoms with Gasteiger partial charge in [-0.15, -0.1) is 0 Å². The Morgan fingerprint density at radius 3 is 2.56 bits per heavy atom. The van der Waals surface area contributed by atoms with Crippen LogP contribution >= 0.6 is 0 Å². The molecule has 1 spiro atoms. The summed E-state index contributed by atoms with van der Waals surface area (Å²) in [6.45, 7) is 0.891. The molecule has 16 heavy (non-hydrogen) atoms. The molecule has 0 unspecified atom stereocenters. The van der Waals surface area contributed by atoms with Crippen LogP contribution in [-0.4, -0.2) is 26.5 Å². The third-order valence-electron chi connectivity index (χ3n) is 3.90. The normalized spacial score (nSPS) is 25.0. The minimum absolute atomic E-state index is 0.0713. The highest BCUT2D eigenvalue weighted by Crippen LogP contribution is 2.44. The van der Waals surface area contributed by atoms with Gasteiger partial charge in [0.1, 0.15) is 9.84 Å². The summed E-state index contributed by atoms with van der Waals surface area (Å²) in [6, 6.07) is 8.27. The van der Waals surface area contributed by atoms with Crippen molar-refractivity contribution in [2.24, 2.45) is 0 Å². The predicted molar refractivity (Wildman–Crippen MR) is 64.5 cm³/mol. The standard InChI is InChI=1S/C12H15NO2S/c14-16(15)7-5-12(6-8-16)9-13-11-4-2-1-3-10(11)12/h1-4,13H,5-9H2. The highest BCUT2D eigenvalue weighted by atomic mass is 32.2. The van der Waals surface area contributed by atoms with Gasteiger partial charge in [0.25, 0.3) is 0 Å². The van der Waals surface area contributed by atoms with Gasteiger partial charge in [0.15, 0.2) is 0 Å². The average Bonchev–Trinajstić information content (AvgIpc) is 2.64. The number of anilines is 1. The molecule has 0 aromatic heterocycles. The maximum absolute atomic E-state index is 11.5. The van der Waals surface area contributed by atoms with Crippen molar-refractivity contribution in [3.8, 4) is 0 Å². The molecule has 1 N–H and O–H groups in total. The van der Waals surface area contributed by atoms with Gasteiger partial charge in [-0.05, 0) is 24.5 Å². The minimum atomic E-state index is -2.78. The van der Waals surface area contributed by atoms with Crippen LogP contribution in [0.2, 0.25) is 0 Å². The molecule has 0 radical (unpaired) electrons. The number of nitrogens with one attached hydrogen (secondary N) is 1. The molecule has 0 saturated carbocycles. The summed E-state index contributed by atoms with van der Waals surface area (Å²) in [7, 11) is -2.78. The summed E-state index contributed by atoms with van der Waals surface area (Å²) in [5.74, 6) is 0.673.